The van der Waals surface area contributed by atoms with Crippen molar-refractivity contribution in [1.29, 1.82) is 0 Å². The number of hydrogen-bond acceptors (Lipinski definition) is 12. The fourth-order valence-corrected chi connectivity index (χ4v) is 8.85. The number of nitrogens with zero attached hydrogens (tertiary/aromatic N) is 4. The van der Waals surface area contributed by atoms with Gasteiger partial charge in [-0.3, -0.25) is 14.2 Å². The molecular weight excluding hydrogens is 764 g/mol. The lowest BCUT2D eigenvalue weighted by Crippen LogP contribution is -2.59. The third kappa shape index (κ3) is 8.66. The maximum Gasteiger partial charge on any atom is 0.263 e. The summed E-state index contributed by atoms with van der Waals surface area (Å²) in [5.41, 5.74) is 8.04. The lowest BCUT2D eigenvalue weighted by molar-refractivity contribution is 0.0930. The van der Waals surface area contributed by atoms with Crippen molar-refractivity contribution in [3.63, 3.8) is 0 Å². The number of sulfonamides is 2. The summed E-state index contributed by atoms with van der Waals surface area (Å²) in [6.45, 7) is 2.86. The molecule has 0 aliphatic carbocycles. The van der Waals surface area contributed by atoms with E-state index < -0.39 is 20.0 Å². The predicted octanol–water partition coefficient (Wildman–Crippen LogP) is 4.96. The molecule has 0 unspecified atom stereocenters. The number of aromatic nitrogens is 2. The normalized spacial score (nSPS) is 14.9. The molecule has 1 amide bonds. The van der Waals surface area contributed by atoms with Gasteiger partial charge in [-0.05, 0) is 66.7 Å². The van der Waals surface area contributed by atoms with Gasteiger partial charge in [-0.1, -0.05) is 23.2 Å². The Morgan fingerprint density at radius 1 is 0.720 bits per heavy atom. The molecule has 2 aromatic heterocycles. The van der Waals surface area contributed by atoms with Crippen LogP contribution in [0.5, 0.6) is 0 Å². The molecule has 0 radical (unpaired) electrons. The highest BCUT2D eigenvalue weighted by atomic mass is 35.5. The summed E-state index contributed by atoms with van der Waals surface area (Å²) in [6.07, 6.45) is 3.09. The van der Waals surface area contributed by atoms with Gasteiger partial charge in [0.05, 0.1) is 25.9 Å². The van der Waals surface area contributed by atoms with Crippen LogP contribution in [0, 0.1) is 0 Å². The van der Waals surface area contributed by atoms with Gasteiger partial charge < -0.3 is 20.9 Å². The van der Waals surface area contributed by atoms with E-state index in [-0.39, 0.29) is 27.8 Å². The number of halogens is 2. The van der Waals surface area contributed by atoms with Crippen LogP contribution in [0.15, 0.2) is 99.7 Å². The number of amides is 1. The van der Waals surface area contributed by atoms with Crippen molar-refractivity contribution in [2.45, 2.75) is 21.9 Å². The predicted molar refractivity (Wildman–Crippen MR) is 199 cm³/mol. The Morgan fingerprint density at radius 2 is 1.20 bits per heavy atom. The molecule has 5 N–H and O–H groups in total. The van der Waals surface area contributed by atoms with E-state index in [1.807, 2.05) is 4.90 Å². The fraction of sp³-hybridized carbons (Fsp3) is 0.194. The fourth-order valence-electron chi connectivity index (χ4n) is 4.98. The number of carbonyl (C=O) groups is 1. The number of benzene rings is 3. The van der Waals surface area contributed by atoms with E-state index in [4.69, 9.17) is 28.9 Å². The van der Waals surface area contributed by atoms with Crippen molar-refractivity contribution in [2.24, 2.45) is 5.73 Å². The molecule has 3 aromatic carbocycles. The first-order valence-electron chi connectivity index (χ1n) is 14.9. The lowest BCUT2D eigenvalue weighted by atomic mass is 10.1. The molecule has 50 heavy (non-hydrogen) atoms. The van der Waals surface area contributed by atoms with Crippen LogP contribution in [0.1, 0.15) is 10.4 Å². The van der Waals surface area contributed by atoms with Gasteiger partial charge in [0.25, 0.3) is 26.0 Å². The third-order valence-corrected chi connectivity index (χ3v) is 12.7. The Labute approximate surface area is 307 Å². The molecule has 2 fully saturated rings. The van der Waals surface area contributed by atoms with Crippen molar-refractivity contribution in [3.8, 4) is 0 Å². The lowest BCUT2D eigenvalue weighted by Gasteiger charge is -2.41. The molecule has 19 heteroatoms. The molecule has 0 saturated carbocycles. The standard InChI is InChI=1S/C19H16Cl2N4O3S2.C12H14N4O2S2/c20-16-6-1-12(9-17(16)21)18(26)23-13-10-25(11-13)14-2-4-15(5-3-14)30(27,28)24-19-22-7-8-29-19;13-9-7-16(8-9)10-1-3-11(4-2-10)20(17,18)15-12-14-5-6-19-12/h1-9,13H,10-11H2,(H,22,24)(H,23,26);1-6,9H,7-8,13H2,(H,14,15). The second-order valence-corrected chi connectivity index (χ2v) is 17.2. The van der Waals surface area contributed by atoms with E-state index in [9.17, 15) is 21.6 Å². The van der Waals surface area contributed by atoms with Crippen LogP contribution in [0.25, 0.3) is 0 Å². The molecule has 0 spiro atoms. The van der Waals surface area contributed by atoms with Gasteiger partial charge >= 0.3 is 0 Å². The number of rotatable bonds is 10. The Balaban J connectivity index is 0.000000187. The number of nitrogens with two attached hydrogens (primary N) is 1. The Hall–Kier alpha value is -3.97. The average molecular weight is 794 g/mol. The number of hydrogen-bond donors (Lipinski definition) is 4. The zero-order chi connectivity index (χ0) is 35.5. The minimum absolute atomic E-state index is 0.0121. The first kappa shape index (κ1) is 35.8. The number of anilines is 4. The third-order valence-electron chi connectivity index (χ3n) is 7.64. The zero-order valence-corrected chi connectivity index (χ0v) is 30.7. The van der Waals surface area contributed by atoms with Crippen LogP contribution in [-0.4, -0.2) is 71.0 Å². The highest BCUT2D eigenvalue weighted by Crippen LogP contribution is 2.27. The van der Waals surface area contributed by atoms with Crippen LogP contribution >= 0.6 is 45.9 Å². The summed E-state index contributed by atoms with van der Waals surface area (Å²) < 4.78 is 54.0. The average Bonchev–Trinajstić information content (AvgIpc) is 3.77. The monoisotopic (exact) mass is 792 g/mol. The van der Waals surface area contributed by atoms with Crippen LogP contribution in [0.2, 0.25) is 10.0 Å². The van der Waals surface area contributed by atoms with Gasteiger partial charge in [0.1, 0.15) is 0 Å². The zero-order valence-electron chi connectivity index (χ0n) is 25.9. The molecule has 7 rings (SSSR count). The topological polar surface area (TPSA) is 180 Å². The summed E-state index contributed by atoms with van der Waals surface area (Å²) in [5, 5.41) is 7.77. The molecule has 0 atom stereocenters. The van der Waals surface area contributed by atoms with Crippen LogP contribution < -0.4 is 30.3 Å². The second-order valence-electron chi connectivity index (χ2n) is 11.2. The summed E-state index contributed by atoms with van der Waals surface area (Å²) in [7, 11) is -7.25. The van der Waals surface area contributed by atoms with E-state index in [0.29, 0.717) is 39.0 Å². The van der Waals surface area contributed by atoms with Gasteiger partial charge in [-0.2, -0.15) is 0 Å². The largest absolute Gasteiger partial charge is 0.368 e. The molecule has 0 bridgehead atoms. The number of thiazole rings is 2. The first-order valence-corrected chi connectivity index (χ1v) is 20.4. The second kappa shape index (κ2) is 15.1. The molecule has 4 heterocycles. The van der Waals surface area contributed by atoms with Crippen LogP contribution in [-0.2, 0) is 20.0 Å². The van der Waals surface area contributed by atoms with E-state index in [2.05, 4.69) is 29.6 Å². The molecule has 13 nitrogen and oxygen atoms in total. The summed E-state index contributed by atoms with van der Waals surface area (Å²) in [6, 6.07) is 18.3. The van der Waals surface area contributed by atoms with Gasteiger partial charge in [0.15, 0.2) is 10.3 Å². The molecule has 2 saturated heterocycles. The van der Waals surface area contributed by atoms with Crippen molar-refractivity contribution >= 4 is 93.5 Å². The summed E-state index contributed by atoms with van der Waals surface area (Å²) in [5.74, 6) is -0.215. The molecule has 2 aliphatic rings. The van der Waals surface area contributed by atoms with Gasteiger partial charge in [-0.15, -0.1) is 22.7 Å². The maximum absolute atomic E-state index is 12.4. The van der Waals surface area contributed by atoms with Crippen molar-refractivity contribution < 1.29 is 21.6 Å². The minimum atomic E-state index is -3.68. The molecular formula is C31H30Cl2N8O5S4. The number of nitrogens with one attached hydrogen (secondary N) is 3. The van der Waals surface area contributed by atoms with Gasteiger partial charge in [0.2, 0.25) is 0 Å². The van der Waals surface area contributed by atoms with Crippen LogP contribution in [0.3, 0.4) is 0 Å². The quantitative estimate of drug-likeness (QED) is 0.151. The Bertz CT molecular complexity index is 2140. The maximum atomic E-state index is 12.4. The van der Waals surface area contributed by atoms with E-state index >= 15 is 0 Å². The summed E-state index contributed by atoms with van der Waals surface area (Å²) in [4.78, 5) is 24.7. The first-order chi connectivity index (χ1) is 23.9. The Kier molecular flexibility index (Phi) is 10.8. The molecule has 262 valence electrons. The SMILES string of the molecule is NC1CN(c2ccc(S(=O)(=O)Nc3nccs3)cc2)C1.O=C(NC1CN(c2ccc(S(=O)(=O)Nc3nccs3)cc2)C1)c1ccc(Cl)c(Cl)c1. The molecule has 2 aliphatic heterocycles. The van der Waals surface area contributed by atoms with E-state index in [1.54, 1.807) is 77.6 Å². The van der Waals surface area contributed by atoms with Gasteiger partial charge in [-0.25, -0.2) is 26.8 Å². The highest BCUT2D eigenvalue weighted by Gasteiger charge is 2.29. The van der Waals surface area contributed by atoms with Crippen molar-refractivity contribution in [2.75, 3.05) is 45.4 Å². The number of carbonyl (C=O) groups excluding carboxylic acids is 1. The smallest absolute Gasteiger partial charge is 0.263 e. The van der Waals surface area contributed by atoms with E-state index in [1.165, 1.54) is 34.9 Å². The van der Waals surface area contributed by atoms with E-state index in [0.717, 1.165) is 24.5 Å². The van der Waals surface area contributed by atoms with Crippen molar-refractivity contribution in [1.82, 2.24) is 15.3 Å². The van der Waals surface area contributed by atoms with Crippen LogP contribution in [0.4, 0.5) is 21.6 Å². The van der Waals surface area contributed by atoms with Crippen molar-refractivity contribution in [3.05, 3.63) is 105 Å². The Morgan fingerprint density at radius 3 is 1.62 bits per heavy atom. The van der Waals surface area contributed by atoms with Gasteiger partial charge in [0, 0.05) is 72.3 Å². The molecule has 5 aromatic rings. The minimum Gasteiger partial charge on any atom is -0.368 e. The highest BCUT2D eigenvalue weighted by molar-refractivity contribution is 7.93. The summed E-state index contributed by atoms with van der Waals surface area (Å²) >= 11 is 14.3.